The van der Waals surface area contributed by atoms with Crippen molar-refractivity contribution in [2.45, 2.75) is 25.3 Å². The summed E-state index contributed by atoms with van der Waals surface area (Å²) in [5, 5.41) is 15.0. The van der Waals surface area contributed by atoms with Crippen molar-refractivity contribution in [3.63, 3.8) is 0 Å². The van der Waals surface area contributed by atoms with Crippen LogP contribution in [-0.4, -0.2) is 30.3 Å². The summed E-state index contributed by atoms with van der Waals surface area (Å²) < 4.78 is 0. The molecule has 1 saturated heterocycles. The first kappa shape index (κ1) is 15.8. The summed E-state index contributed by atoms with van der Waals surface area (Å²) in [7, 11) is 0. The molecule has 0 aromatic heterocycles. The molecule has 0 bridgehead atoms. The number of halogens is 1. The number of amides is 1. The van der Waals surface area contributed by atoms with Crippen molar-refractivity contribution in [2.24, 2.45) is 5.92 Å². The van der Waals surface area contributed by atoms with Gasteiger partial charge in [0.05, 0.1) is 0 Å². The van der Waals surface area contributed by atoms with E-state index >= 15 is 0 Å². The fraction of sp³-hybridized carbons (Fsp3) is 0.500. The Morgan fingerprint density at radius 1 is 1.42 bits per heavy atom. The lowest BCUT2D eigenvalue weighted by molar-refractivity contribution is 0.180. The lowest BCUT2D eigenvalue weighted by Gasteiger charge is -2.30. The molecule has 19 heavy (non-hydrogen) atoms. The van der Waals surface area contributed by atoms with Gasteiger partial charge in [-0.05, 0) is 43.8 Å². The third kappa shape index (κ3) is 5.09. The van der Waals surface area contributed by atoms with Gasteiger partial charge in [0, 0.05) is 6.04 Å². The monoisotopic (exact) mass is 284 g/mol. The van der Waals surface area contributed by atoms with Crippen LogP contribution in [0, 0.1) is 5.92 Å². The summed E-state index contributed by atoms with van der Waals surface area (Å²) >= 11 is 0. The van der Waals surface area contributed by atoms with Gasteiger partial charge in [-0.1, -0.05) is 30.3 Å². The quantitative estimate of drug-likeness (QED) is 0.795. The molecule has 1 heterocycles. The molecule has 4 nitrogen and oxygen atoms in total. The highest BCUT2D eigenvalue weighted by Crippen LogP contribution is 2.18. The van der Waals surface area contributed by atoms with Crippen LogP contribution in [0.25, 0.3) is 0 Å². The topological polar surface area (TPSA) is 61.4 Å². The molecule has 1 aromatic carbocycles. The maximum absolute atomic E-state index is 10.9. The number of carbonyl (C=O) groups is 1. The number of piperidine rings is 1. The molecule has 2 atom stereocenters. The molecule has 1 amide bonds. The molecule has 2 unspecified atom stereocenters. The highest BCUT2D eigenvalue weighted by molar-refractivity contribution is 5.85. The van der Waals surface area contributed by atoms with Crippen molar-refractivity contribution < 1.29 is 9.90 Å². The summed E-state index contributed by atoms with van der Waals surface area (Å²) in [5.41, 5.74) is 1.18. The maximum Gasteiger partial charge on any atom is 0.404 e. The summed E-state index contributed by atoms with van der Waals surface area (Å²) in [6.45, 7) is 1.94. The summed E-state index contributed by atoms with van der Waals surface area (Å²) in [5.74, 6) is 0.384. The second kappa shape index (κ2) is 8.02. The van der Waals surface area contributed by atoms with Crippen LogP contribution >= 0.6 is 12.4 Å². The van der Waals surface area contributed by atoms with Crippen LogP contribution in [0.2, 0.25) is 0 Å². The minimum Gasteiger partial charge on any atom is -0.465 e. The maximum atomic E-state index is 10.9. The molecule has 3 N–H and O–H groups in total. The van der Waals surface area contributed by atoms with Crippen LogP contribution < -0.4 is 10.6 Å². The Bertz CT molecular complexity index is 380. The third-order valence-corrected chi connectivity index (χ3v) is 3.51. The zero-order chi connectivity index (χ0) is 12.8. The van der Waals surface area contributed by atoms with E-state index in [0.717, 1.165) is 32.4 Å². The van der Waals surface area contributed by atoms with E-state index in [0.29, 0.717) is 5.92 Å². The number of carboxylic acid groups (broad SMARTS) is 1. The fourth-order valence-corrected chi connectivity index (χ4v) is 2.58. The Labute approximate surface area is 120 Å². The molecular weight excluding hydrogens is 264 g/mol. The standard InChI is InChI=1S/C14H20N2O2.ClH/c17-14(18)16-13(12-7-4-8-15-10-12)9-11-5-2-1-3-6-11;/h1-3,5-6,12-13,15-16H,4,7-10H2,(H,17,18);1H. The van der Waals surface area contributed by atoms with Gasteiger partial charge in [0.25, 0.3) is 0 Å². The first-order valence-electron chi connectivity index (χ1n) is 6.50. The molecule has 0 radical (unpaired) electrons. The van der Waals surface area contributed by atoms with E-state index in [1.807, 2.05) is 30.3 Å². The zero-order valence-corrected chi connectivity index (χ0v) is 11.7. The number of benzene rings is 1. The molecule has 0 spiro atoms. The van der Waals surface area contributed by atoms with Crippen LogP contribution in [0.1, 0.15) is 18.4 Å². The van der Waals surface area contributed by atoms with Crippen LogP contribution in [0.3, 0.4) is 0 Å². The summed E-state index contributed by atoms with van der Waals surface area (Å²) in [4.78, 5) is 10.9. The van der Waals surface area contributed by atoms with E-state index in [9.17, 15) is 4.79 Å². The van der Waals surface area contributed by atoms with E-state index in [1.54, 1.807) is 0 Å². The molecule has 106 valence electrons. The Morgan fingerprint density at radius 2 is 2.16 bits per heavy atom. The summed E-state index contributed by atoms with van der Waals surface area (Å²) in [6.07, 6.45) is 2.04. The van der Waals surface area contributed by atoms with Gasteiger partial charge in [0.15, 0.2) is 0 Å². The minimum absolute atomic E-state index is 0. The molecule has 1 aromatic rings. The van der Waals surface area contributed by atoms with Gasteiger partial charge in [-0.3, -0.25) is 0 Å². The van der Waals surface area contributed by atoms with Crippen LogP contribution in [0.4, 0.5) is 4.79 Å². The molecule has 2 rings (SSSR count). The van der Waals surface area contributed by atoms with Gasteiger partial charge in [0.1, 0.15) is 0 Å². The average Bonchev–Trinajstić information content (AvgIpc) is 2.40. The summed E-state index contributed by atoms with van der Waals surface area (Å²) in [6, 6.07) is 10.1. The zero-order valence-electron chi connectivity index (χ0n) is 10.8. The van der Waals surface area contributed by atoms with E-state index in [2.05, 4.69) is 10.6 Å². The lowest BCUT2D eigenvalue weighted by Crippen LogP contribution is -2.47. The van der Waals surface area contributed by atoms with Crippen molar-refractivity contribution in [1.82, 2.24) is 10.6 Å². The van der Waals surface area contributed by atoms with Crippen molar-refractivity contribution in [2.75, 3.05) is 13.1 Å². The first-order chi connectivity index (χ1) is 8.75. The molecule has 5 heteroatoms. The van der Waals surface area contributed by atoms with Gasteiger partial charge in [-0.15, -0.1) is 12.4 Å². The SMILES string of the molecule is Cl.O=C(O)NC(Cc1ccccc1)C1CCCNC1. The Balaban J connectivity index is 0.00000180. The molecule has 1 aliphatic rings. The molecule has 0 aliphatic carbocycles. The Morgan fingerprint density at radius 3 is 2.74 bits per heavy atom. The highest BCUT2D eigenvalue weighted by Gasteiger charge is 2.25. The van der Waals surface area contributed by atoms with Crippen molar-refractivity contribution in [3.8, 4) is 0 Å². The van der Waals surface area contributed by atoms with Crippen LogP contribution in [-0.2, 0) is 6.42 Å². The normalized spacial score (nSPS) is 20.1. The van der Waals surface area contributed by atoms with Crippen molar-refractivity contribution in [3.05, 3.63) is 35.9 Å². The third-order valence-electron chi connectivity index (χ3n) is 3.51. The Hall–Kier alpha value is -1.26. The number of nitrogens with one attached hydrogen (secondary N) is 2. The smallest absolute Gasteiger partial charge is 0.404 e. The van der Waals surface area contributed by atoms with Gasteiger partial charge in [0.2, 0.25) is 0 Å². The van der Waals surface area contributed by atoms with Crippen molar-refractivity contribution >= 4 is 18.5 Å². The van der Waals surface area contributed by atoms with Crippen LogP contribution in [0.15, 0.2) is 30.3 Å². The molecule has 1 aliphatic heterocycles. The first-order valence-corrected chi connectivity index (χ1v) is 6.50. The molecule has 1 fully saturated rings. The number of rotatable bonds is 4. The number of hydrogen-bond acceptors (Lipinski definition) is 2. The largest absolute Gasteiger partial charge is 0.465 e. The van der Waals surface area contributed by atoms with E-state index in [-0.39, 0.29) is 18.4 Å². The van der Waals surface area contributed by atoms with Gasteiger partial charge in [-0.2, -0.15) is 0 Å². The second-order valence-electron chi connectivity index (χ2n) is 4.85. The van der Waals surface area contributed by atoms with E-state index in [1.165, 1.54) is 5.56 Å². The lowest BCUT2D eigenvalue weighted by atomic mass is 9.88. The van der Waals surface area contributed by atoms with E-state index in [4.69, 9.17) is 5.11 Å². The second-order valence-corrected chi connectivity index (χ2v) is 4.85. The average molecular weight is 285 g/mol. The minimum atomic E-state index is -0.929. The van der Waals surface area contributed by atoms with E-state index < -0.39 is 6.09 Å². The fourth-order valence-electron chi connectivity index (χ4n) is 2.58. The highest BCUT2D eigenvalue weighted by atomic mass is 35.5. The van der Waals surface area contributed by atoms with Gasteiger partial charge in [-0.25, -0.2) is 4.79 Å². The molecule has 0 saturated carbocycles. The predicted molar refractivity (Wildman–Crippen MR) is 77.9 cm³/mol. The van der Waals surface area contributed by atoms with Crippen molar-refractivity contribution in [1.29, 1.82) is 0 Å². The van der Waals surface area contributed by atoms with Crippen LogP contribution in [0.5, 0.6) is 0 Å². The predicted octanol–water partition coefficient (Wildman–Crippen LogP) is 2.29. The van der Waals surface area contributed by atoms with Gasteiger partial charge < -0.3 is 15.7 Å². The Kier molecular flexibility index (Phi) is 6.67. The van der Waals surface area contributed by atoms with Gasteiger partial charge >= 0.3 is 6.09 Å². The molecular formula is C14H21ClN2O2. The number of hydrogen-bond donors (Lipinski definition) is 3.